The highest BCUT2D eigenvalue weighted by molar-refractivity contribution is 14.1. The highest BCUT2D eigenvalue weighted by Crippen LogP contribution is 2.10. The lowest BCUT2D eigenvalue weighted by atomic mass is 10.2. The summed E-state index contributed by atoms with van der Waals surface area (Å²) in [6, 6.07) is 5.59. The summed E-state index contributed by atoms with van der Waals surface area (Å²) >= 11 is 7.01. The summed E-state index contributed by atoms with van der Waals surface area (Å²) in [6.45, 7) is 0. The van der Waals surface area contributed by atoms with Gasteiger partial charge in [-0.05, 0) is 53.0 Å². The average Bonchev–Trinajstić information content (AvgIpc) is 2.06. The monoisotopic (exact) mass is 304 g/mol. The van der Waals surface area contributed by atoms with Gasteiger partial charge in [-0.1, -0.05) is 0 Å². The topological polar surface area (TPSA) is 48.6 Å². The number of aromatic amines is 2. The second kappa shape index (κ2) is 3.22. The average molecular weight is 304 g/mol. The molecule has 0 unspecified atom stereocenters. The molecule has 1 heterocycles. The molecule has 2 N–H and O–H groups in total. The molecule has 2 aromatic rings. The molecule has 1 aromatic carbocycles. The Kier molecular flexibility index (Phi) is 2.20. The fourth-order valence-electron chi connectivity index (χ4n) is 1.14. The van der Waals surface area contributed by atoms with Crippen molar-refractivity contribution in [3.05, 3.63) is 36.9 Å². The summed E-state index contributed by atoms with van der Waals surface area (Å²) in [5, 5.41) is 0.639. The molecule has 0 radical (unpaired) electrons. The molecule has 0 spiro atoms. The molecule has 0 amide bonds. The molecule has 0 saturated carbocycles. The third-order valence-electron chi connectivity index (χ3n) is 1.70. The summed E-state index contributed by atoms with van der Waals surface area (Å²) < 4.78 is 1.39. The molecule has 0 bridgehead atoms. The van der Waals surface area contributed by atoms with Gasteiger partial charge < -0.3 is 4.98 Å². The zero-order valence-electron chi connectivity index (χ0n) is 6.43. The minimum atomic E-state index is -0.141. The van der Waals surface area contributed by atoms with Crippen LogP contribution < -0.4 is 5.56 Å². The van der Waals surface area contributed by atoms with E-state index in [1.54, 1.807) is 0 Å². The number of nitrogens with one attached hydrogen (secondary N) is 2. The Morgan fingerprint density at radius 3 is 2.85 bits per heavy atom. The van der Waals surface area contributed by atoms with Crippen LogP contribution in [0.4, 0.5) is 0 Å². The maximum Gasteiger partial charge on any atom is 0.259 e. The van der Waals surface area contributed by atoms with Crippen LogP contribution in [0.2, 0.25) is 0 Å². The van der Waals surface area contributed by atoms with Gasteiger partial charge in [0.05, 0.1) is 10.9 Å². The van der Waals surface area contributed by atoms with Crippen LogP contribution >= 0.6 is 34.8 Å². The van der Waals surface area contributed by atoms with Gasteiger partial charge in [0, 0.05) is 3.57 Å². The first-order valence-corrected chi connectivity index (χ1v) is 5.07. The second-order valence-electron chi connectivity index (χ2n) is 2.60. The molecular weight excluding hydrogens is 299 g/mol. The van der Waals surface area contributed by atoms with Crippen LogP contribution in [0.15, 0.2) is 23.0 Å². The first-order chi connectivity index (χ1) is 6.16. The first-order valence-electron chi connectivity index (χ1n) is 3.59. The Morgan fingerprint density at radius 2 is 2.08 bits per heavy atom. The van der Waals surface area contributed by atoms with Crippen LogP contribution in [0, 0.1) is 8.34 Å². The van der Waals surface area contributed by atoms with Crippen LogP contribution in [-0.4, -0.2) is 9.97 Å². The number of halogens is 1. The molecule has 2 rings (SSSR count). The van der Waals surface area contributed by atoms with Crippen LogP contribution in [0.1, 0.15) is 0 Å². The first kappa shape index (κ1) is 8.89. The van der Waals surface area contributed by atoms with Crippen molar-refractivity contribution >= 4 is 45.7 Å². The van der Waals surface area contributed by atoms with Crippen molar-refractivity contribution in [1.29, 1.82) is 0 Å². The molecule has 13 heavy (non-hydrogen) atoms. The maximum absolute atomic E-state index is 11.4. The maximum atomic E-state index is 11.4. The zero-order chi connectivity index (χ0) is 9.42. The summed E-state index contributed by atoms with van der Waals surface area (Å²) in [4.78, 5) is 16.9. The van der Waals surface area contributed by atoms with Crippen molar-refractivity contribution in [2.75, 3.05) is 0 Å². The standard InChI is InChI=1S/C8H5IN2OS/c9-4-1-2-6-5(3-4)7(12)11-8(13)10-6/h1-3H,(H2,10,11,12,13). The molecule has 3 nitrogen and oxygen atoms in total. The predicted molar refractivity (Wildman–Crippen MR) is 62.5 cm³/mol. The van der Waals surface area contributed by atoms with E-state index >= 15 is 0 Å². The van der Waals surface area contributed by atoms with Crippen molar-refractivity contribution in [2.24, 2.45) is 0 Å². The Labute approximate surface area is 92.3 Å². The van der Waals surface area contributed by atoms with E-state index in [9.17, 15) is 4.79 Å². The van der Waals surface area contributed by atoms with Gasteiger partial charge in [0.1, 0.15) is 0 Å². The Balaban J connectivity index is 3.04. The lowest BCUT2D eigenvalue weighted by Crippen LogP contribution is -2.07. The van der Waals surface area contributed by atoms with Crippen molar-refractivity contribution in [3.8, 4) is 0 Å². The van der Waals surface area contributed by atoms with Gasteiger partial charge >= 0.3 is 0 Å². The Hall–Kier alpha value is -0.690. The van der Waals surface area contributed by atoms with Gasteiger partial charge in [-0.3, -0.25) is 9.78 Å². The minimum Gasteiger partial charge on any atom is -0.332 e. The molecule has 1 aromatic heterocycles. The van der Waals surface area contributed by atoms with Gasteiger partial charge in [-0.2, -0.15) is 0 Å². The summed E-state index contributed by atoms with van der Waals surface area (Å²) in [5.74, 6) is 0. The second-order valence-corrected chi connectivity index (χ2v) is 4.25. The van der Waals surface area contributed by atoms with E-state index < -0.39 is 0 Å². The minimum absolute atomic E-state index is 0.141. The smallest absolute Gasteiger partial charge is 0.259 e. The fraction of sp³-hybridized carbons (Fsp3) is 0. The largest absolute Gasteiger partial charge is 0.332 e. The van der Waals surface area contributed by atoms with Crippen molar-refractivity contribution in [3.63, 3.8) is 0 Å². The highest BCUT2D eigenvalue weighted by Gasteiger charge is 1.98. The van der Waals surface area contributed by atoms with Gasteiger partial charge in [-0.15, -0.1) is 0 Å². The molecule has 0 aliphatic carbocycles. The zero-order valence-corrected chi connectivity index (χ0v) is 9.40. The number of H-pyrrole nitrogens is 2. The van der Waals surface area contributed by atoms with E-state index in [4.69, 9.17) is 12.2 Å². The SMILES string of the molecule is O=c1[nH]c(=S)[nH]c2ccc(I)cc12. The number of benzene rings is 1. The van der Waals surface area contributed by atoms with E-state index in [-0.39, 0.29) is 5.56 Å². The molecule has 66 valence electrons. The Morgan fingerprint density at radius 1 is 1.31 bits per heavy atom. The third kappa shape index (κ3) is 1.66. The molecule has 0 fully saturated rings. The van der Waals surface area contributed by atoms with E-state index in [0.717, 1.165) is 9.09 Å². The lowest BCUT2D eigenvalue weighted by molar-refractivity contribution is 1.14. The molecule has 0 aliphatic heterocycles. The highest BCUT2D eigenvalue weighted by atomic mass is 127. The normalized spacial score (nSPS) is 10.5. The van der Waals surface area contributed by atoms with Crippen molar-refractivity contribution in [1.82, 2.24) is 9.97 Å². The summed E-state index contributed by atoms with van der Waals surface area (Å²) in [6.07, 6.45) is 0. The molecule has 0 aliphatic rings. The molecular formula is C8H5IN2OS. The lowest BCUT2D eigenvalue weighted by Gasteiger charge is -1.96. The number of fused-ring (bicyclic) bond motifs is 1. The van der Waals surface area contributed by atoms with Gasteiger partial charge in [0.2, 0.25) is 0 Å². The predicted octanol–water partition coefficient (Wildman–Crippen LogP) is 2.19. The van der Waals surface area contributed by atoms with Crippen molar-refractivity contribution in [2.45, 2.75) is 0 Å². The van der Waals surface area contributed by atoms with Crippen LogP contribution in [-0.2, 0) is 0 Å². The van der Waals surface area contributed by atoms with Crippen LogP contribution in [0.5, 0.6) is 0 Å². The van der Waals surface area contributed by atoms with E-state index in [1.807, 2.05) is 18.2 Å². The Bertz CT molecular complexity index is 572. The van der Waals surface area contributed by atoms with Crippen LogP contribution in [0.3, 0.4) is 0 Å². The van der Waals surface area contributed by atoms with Gasteiger partial charge in [0.15, 0.2) is 4.77 Å². The summed E-state index contributed by atoms with van der Waals surface area (Å²) in [7, 11) is 0. The van der Waals surface area contributed by atoms with Crippen molar-refractivity contribution < 1.29 is 0 Å². The van der Waals surface area contributed by atoms with E-state index in [1.165, 1.54) is 0 Å². The fourth-order valence-corrected chi connectivity index (χ4v) is 1.83. The molecule has 5 heteroatoms. The van der Waals surface area contributed by atoms with Crippen LogP contribution in [0.25, 0.3) is 10.9 Å². The van der Waals surface area contributed by atoms with Gasteiger partial charge in [0.25, 0.3) is 5.56 Å². The number of aromatic nitrogens is 2. The number of hydrogen-bond acceptors (Lipinski definition) is 2. The number of hydrogen-bond donors (Lipinski definition) is 2. The summed E-state index contributed by atoms with van der Waals surface area (Å²) in [5.41, 5.74) is 0.631. The third-order valence-corrected chi connectivity index (χ3v) is 2.58. The van der Waals surface area contributed by atoms with E-state index in [2.05, 4.69) is 32.6 Å². The molecule has 0 saturated heterocycles. The molecule has 0 atom stereocenters. The van der Waals surface area contributed by atoms with E-state index in [0.29, 0.717) is 10.2 Å². The quantitative estimate of drug-likeness (QED) is 0.579. The van der Waals surface area contributed by atoms with Gasteiger partial charge in [-0.25, -0.2) is 0 Å². The number of rotatable bonds is 0.